The van der Waals surface area contributed by atoms with Gasteiger partial charge in [-0.2, -0.15) is 4.98 Å². The van der Waals surface area contributed by atoms with Crippen LogP contribution in [0.1, 0.15) is 25.0 Å². The number of rotatable bonds is 4. The molecule has 130 valence electrons. The number of pyridine rings is 1. The molecule has 3 rings (SSSR count). The van der Waals surface area contributed by atoms with Crippen LogP contribution >= 0.6 is 11.6 Å². The van der Waals surface area contributed by atoms with Crippen molar-refractivity contribution in [3.63, 3.8) is 0 Å². The summed E-state index contributed by atoms with van der Waals surface area (Å²) in [4.78, 5) is 8.34. The molecule has 0 aliphatic heterocycles. The standard InChI is InChI=1S/C18H16ClF2N3O/c1-10(2)18(20,21)12-5-7-15(22-9-12)17-23-16(24-25-17)14-8-13(19)6-4-11(14)3/h4-10H,1-3H3. The Morgan fingerprint density at radius 1 is 1.16 bits per heavy atom. The maximum Gasteiger partial charge on any atom is 0.276 e. The van der Waals surface area contributed by atoms with Gasteiger partial charge in [0.25, 0.3) is 11.8 Å². The topological polar surface area (TPSA) is 51.8 Å². The van der Waals surface area contributed by atoms with Crippen LogP contribution < -0.4 is 0 Å². The number of halogens is 3. The molecule has 1 aromatic carbocycles. The highest BCUT2D eigenvalue weighted by Gasteiger charge is 2.35. The van der Waals surface area contributed by atoms with E-state index in [0.29, 0.717) is 16.5 Å². The maximum atomic E-state index is 14.0. The predicted octanol–water partition coefficient (Wildman–Crippen LogP) is 5.51. The van der Waals surface area contributed by atoms with Gasteiger partial charge in [-0.15, -0.1) is 0 Å². The molecule has 4 nitrogen and oxygen atoms in total. The molecule has 0 aliphatic carbocycles. The normalized spacial score (nSPS) is 12.0. The third-order valence-electron chi connectivity index (χ3n) is 3.96. The van der Waals surface area contributed by atoms with Crippen LogP contribution in [0.4, 0.5) is 8.78 Å². The fourth-order valence-corrected chi connectivity index (χ4v) is 2.50. The number of aryl methyl sites for hydroxylation is 1. The van der Waals surface area contributed by atoms with Gasteiger partial charge >= 0.3 is 0 Å². The Morgan fingerprint density at radius 3 is 2.56 bits per heavy atom. The molecule has 0 unspecified atom stereocenters. The molecule has 0 amide bonds. The van der Waals surface area contributed by atoms with E-state index < -0.39 is 11.8 Å². The number of benzene rings is 1. The molecule has 25 heavy (non-hydrogen) atoms. The first kappa shape index (κ1) is 17.5. The van der Waals surface area contributed by atoms with Gasteiger partial charge in [-0.25, -0.2) is 8.78 Å². The highest BCUT2D eigenvalue weighted by Crippen LogP contribution is 2.35. The number of aromatic nitrogens is 3. The van der Waals surface area contributed by atoms with Gasteiger partial charge in [0.05, 0.1) is 0 Å². The van der Waals surface area contributed by atoms with E-state index in [-0.39, 0.29) is 11.5 Å². The van der Waals surface area contributed by atoms with Crippen LogP contribution in [0.15, 0.2) is 41.1 Å². The van der Waals surface area contributed by atoms with Crippen molar-refractivity contribution < 1.29 is 13.3 Å². The Kier molecular flexibility index (Phi) is 4.56. The first-order chi connectivity index (χ1) is 11.8. The van der Waals surface area contributed by atoms with Crippen LogP contribution in [0.2, 0.25) is 5.02 Å². The van der Waals surface area contributed by atoms with Crippen molar-refractivity contribution in [1.29, 1.82) is 0 Å². The minimum absolute atomic E-state index is 0.142. The zero-order chi connectivity index (χ0) is 18.2. The molecule has 0 radical (unpaired) electrons. The molecule has 0 bridgehead atoms. The van der Waals surface area contributed by atoms with E-state index in [1.165, 1.54) is 26.0 Å². The van der Waals surface area contributed by atoms with Gasteiger partial charge in [-0.1, -0.05) is 36.7 Å². The van der Waals surface area contributed by atoms with Crippen molar-refractivity contribution >= 4 is 11.6 Å². The molecule has 0 atom stereocenters. The van der Waals surface area contributed by atoms with E-state index in [4.69, 9.17) is 16.1 Å². The van der Waals surface area contributed by atoms with Crippen LogP contribution in [0, 0.1) is 12.8 Å². The summed E-state index contributed by atoms with van der Waals surface area (Å²) in [5, 5.41) is 4.49. The van der Waals surface area contributed by atoms with Crippen LogP contribution in [-0.4, -0.2) is 15.1 Å². The van der Waals surface area contributed by atoms with Crippen LogP contribution in [-0.2, 0) is 5.92 Å². The van der Waals surface area contributed by atoms with E-state index in [9.17, 15) is 8.78 Å². The number of alkyl halides is 2. The van der Waals surface area contributed by atoms with Gasteiger partial charge < -0.3 is 4.52 Å². The third kappa shape index (κ3) is 3.39. The Bertz CT molecular complexity index is 892. The zero-order valence-electron chi connectivity index (χ0n) is 13.9. The summed E-state index contributed by atoms with van der Waals surface area (Å²) >= 11 is 6.01. The SMILES string of the molecule is Cc1ccc(Cl)cc1-c1noc(-c2ccc(C(F)(F)C(C)C)cn2)n1. The molecular formula is C18H16ClF2N3O. The van der Waals surface area contributed by atoms with E-state index in [0.717, 1.165) is 17.3 Å². The first-order valence-corrected chi connectivity index (χ1v) is 8.12. The van der Waals surface area contributed by atoms with Crippen LogP contribution in [0.5, 0.6) is 0 Å². The average Bonchev–Trinajstić information content (AvgIpc) is 3.07. The molecule has 0 spiro atoms. The smallest absolute Gasteiger partial charge is 0.276 e. The summed E-state index contributed by atoms with van der Waals surface area (Å²) in [7, 11) is 0. The van der Waals surface area contributed by atoms with Gasteiger partial charge in [0, 0.05) is 28.3 Å². The molecule has 0 fully saturated rings. The third-order valence-corrected chi connectivity index (χ3v) is 4.19. The highest BCUT2D eigenvalue weighted by atomic mass is 35.5. The number of hydrogen-bond acceptors (Lipinski definition) is 4. The van der Waals surface area contributed by atoms with E-state index >= 15 is 0 Å². The van der Waals surface area contributed by atoms with Crippen molar-refractivity contribution in [2.24, 2.45) is 5.92 Å². The second-order valence-electron chi connectivity index (χ2n) is 6.09. The monoisotopic (exact) mass is 363 g/mol. The first-order valence-electron chi connectivity index (χ1n) is 7.74. The van der Waals surface area contributed by atoms with Gasteiger partial charge in [-0.3, -0.25) is 4.98 Å². The minimum atomic E-state index is -2.94. The van der Waals surface area contributed by atoms with E-state index in [1.54, 1.807) is 12.1 Å². The molecule has 0 aliphatic rings. The van der Waals surface area contributed by atoms with Crippen molar-refractivity contribution in [1.82, 2.24) is 15.1 Å². The summed E-state index contributed by atoms with van der Waals surface area (Å²) in [5.74, 6) is -3.23. The van der Waals surface area contributed by atoms with Gasteiger partial charge in [0.2, 0.25) is 5.82 Å². The number of hydrogen-bond donors (Lipinski definition) is 0. The fraction of sp³-hybridized carbons (Fsp3) is 0.278. The fourth-order valence-electron chi connectivity index (χ4n) is 2.32. The van der Waals surface area contributed by atoms with Gasteiger partial charge in [0.1, 0.15) is 5.69 Å². The molecule has 0 saturated heterocycles. The lowest BCUT2D eigenvalue weighted by Gasteiger charge is -2.20. The second-order valence-corrected chi connectivity index (χ2v) is 6.53. The molecule has 0 N–H and O–H groups in total. The lowest BCUT2D eigenvalue weighted by atomic mass is 9.99. The molecule has 0 saturated carbocycles. The van der Waals surface area contributed by atoms with Crippen molar-refractivity contribution in [2.45, 2.75) is 26.7 Å². The predicted molar refractivity (Wildman–Crippen MR) is 91.4 cm³/mol. The number of nitrogens with zero attached hydrogens (tertiary/aromatic N) is 3. The molecule has 7 heteroatoms. The lowest BCUT2D eigenvalue weighted by Crippen LogP contribution is -2.21. The second kappa shape index (κ2) is 6.52. The summed E-state index contributed by atoms with van der Waals surface area (Å²) < 4.78 is 33.3. The quantitative estimate of drug-likeness (QED) is 0.613. The Morgan fingerprint density at radius 2 is 1.92 bits per heavy atom. The van der Waals surface area contributed by atoms with Gasteiger partial charge in [-0.05, 0) is 36.8 Å². The lowest BCUT2D eigenvalue weighted by molar-refractivity contribution is -0.0516. The average molecular weight is 364 g/mol. The molecule has 3 aromatic rings. The Labute approximate surface area is 148 Å². The Hall–Kier alpha value is -2.34. The van der Waals surface area contributed by atoms with Crippen LogP contribution in [0.25, 0.3) is 23.0 Å². The van der Waals surface area contributed by atoms with Crippen molar-refractivity contribution in [3.8, 4) is 23.0 Å². The maximum absolute atomic E-state index is 14.0. The zero-order valence-corrected chi connectivity index (χ0v) is 14.7. The minimum Gasteiger partial charge on any atom is -0.332 e. The van der Waals surface area contributed by atoms with E-state index in [1.807, 2.05) is 13.0 Å². The van der Waals surface area contributed by atoms with Gasteiger partial charge in [0.15, 0.2) is 0 Å². The Balaban J connectivity index is 1.92. The largest absolute Gasteiger partial charge is 0.332 e. The summed E-state index contributed by atoms with van der Waals surface area (Å²) in [6.07, 6.45) is 1.14. The molecule has 2 aromatic heterocycles. The summed E-state index contributed by atoms with van der Waals surface area (Å²) in [5.41, 5.74) is 1.88. The molecular weight excluding hydrogens is 348 g/mol. The summed E-state index contributed by atoms with van der Waals surface area (Å²) in [6, 6.07) is 8.15. The highest BCUT2D eigenvalue weighted by molar-refractivity contribution is 6.30. The van der Waals surface area contributed by atoms with Crippen molar-refractivity contribution in [3.05, 3.63) is 52.7 Å². The van der Waals surface area contributed by atoms with Crippen LogP contribution in [0.3, 0.4) is 0 Å². The molecule has 2 heterocycles. The van der Waals surface area contributed by atoms with Crippen molar-refractivity contribution in [2.75, 3.05) is 0 Å². The summed E-state index contributed by atoms with van der Waals surface area (Å²) in [6.45, 7) is 4.83. The van der Waals surface area contributed by atoms with E-state index in [2.05, 4.69) is 15.1 Å².